The lowest BCUT2D eigenvalue weighted by Gasteiger charge is -2.35. The normalized spacial score (nSPS) is 14.1. The summed E-state index contributed by atoms with van der Waals surface area (Å²) in [6.07, 6.45) is 0.253. The number of furan rings is 1. The number of ketones is 1. The van der Waals surface area contributed by atoms with Gasteiger partial charge in [-0.05, 0) is 37.3 Å². The molecule has 3 aromatic rings. The highest BCUT2D eigenvalue weighted by atomic mass is 35.5. The Morgan fingerprint density at radius 2 is 1.63 bits per heavy atom. The zero-order valence-corrected chi connectivity index (χ0v) is 20.9. The molecular weight excluding hydrogens is 518 g/mol. The van der Waals surface area contributed by atoms with Gasteiger partial charge >= 0.3 is 5.97 Å². The Balaban J connectivity index is 1.42. The van der Waals surface area contributed by atoms with Crippen LogP contribution in [0.5, 0.6) is 0 Å². The highest BCUT2D eigenvalue weighted by Gasteiger charge is 2.31. The molecule has 2 heterocycles. The third-order valence-electron chi connectivity index (χ3n) is 6.04. The summed E-state index contributed by atoms with van der Waals surface area (Å²) in [5.41, 5.74) is -0.613. The highest BCUT2D eigenvalue weighted by Crippen LogP contribution is 2.27. The van der Waals surface area contributed by atoms with Crippen molar-refractivity contribution in [1.82, 2.24) is 9.80 Å². The van der Waals surface area contributed by atoms with Crippen molar-refractivity contribution in [2.45, 2.75) is 13.0 Å². The molecule has 1 fully saturated rings. The molecule has 4 rings (SSSR count). The molecule has 1 aromatic heterocycles. The van der Waals surface area contributed by atoms with Crippen LogP contribution in [0.1, 0.15) is 43.8 Å². The number of nitro benzene ring substituents is 1. The first kappa shape index (κ1) is 26.6. The number of ether oxygens (including phenoxy) is 1. The number of hydrogen-bond acceptors (Lipinski definition) is 8. The fourth-order valence-electron chi connectivity index (χ4n) is 4.03. The minimum atomic E-state index is -1.16. The zero-order valence-electron chi connectivity index (χ0n) is 20.2. The molecule has 0 aliphatic carbocycles. The summed E-state index contributed by atoms with van der Waals surface area (Å²) in [6.45, 7) is 2.50. The smallest absolute Gasteiger partial charge is 0.339 e. The van der Waals surface area contributed by atoms with Crippen molar-refractivity contribution in [3.8, 4) is 0 Å². The zero-order chi connectivity index (χ0) is 27.4. The SMILES string of the molecule is C[C@H](OC(=O)c1ccccc1C(=O)c1ccc(Cl)c([N+](=O)[O-])c1)C(=O)N1CCN(C(=O)c2ccco2)CC1. The van der Waals surface area contributed by atoms with Crippen molar-refractivity contribution in [3.05, 3.63) is 98.4 Å². The van der Waals surface area contributed by atoms with Gasteiger partial charge in [0.15, 0.2) is 17.6 Å². The Bertz CT molecular complexity index is 1400. The standard InChI is InChI=1S/C26H22ClN3O8/c1-16(24(32)28-10-12-29(13-11-28)25(33)22-7-4-14-37-22)38-26(34)19-6-3-2-5-18(19)23(31)17-8-9-20(27)21(15-17)30(35)36/h2-9,14-16H,10-13H2,1H3/t16-/m0/s1. The van der Waals surface area contributed by atoms with Crippen LogP contribution in [-0.2, 0) is 9.53 Å². The van der Waals surface area contributed by atoms with Crippen molar-refractivity contribution in [3.63, 3.8) is 0 Å². The topological polar surface area (TPSA) is 140 Å². The van der Waals surface area contributed by atoms with Gasteiger partial charge in [-0.2, -0.15) is 0 Å². The van der Waals surface area contributed by atoms with E-state index in [-0.39, 0.29) is 59.6 Å². The fraction of sp³-hybridized carbons (Fsp3) is 0.231. The Kier molecular flexibility index (Phi) is 7.87. The molecule has 12 heteroatoms. The van der Waals surface area contributed by atoms with Gasteiger partial charge in [-0.25, -0.2) is 4.79 Å². The molecule has 0 spiro atoms. The summed E-state index contributed by atoms with van der Waals surface area (Å²) in [5.74, 6) is -2.04. The Morgan fingerprint density at radius 1 is 0.974 bits per heavy atom. The van der Waals surface area contributed by atoms with Gasteiger partial charge in [-0.1, -0.05) is 29.8 Å². The van der Waals surface area contributed by atoms with Gasteiger partial charge < -0.3 is 19.0 Å². The molecule has 0 unspecified atom stereocenters. The lowest BCUT2D eigenvalue weighted by molar-refractivity contribution is -0.384. The molecule has 2 aromatic carbocycles. The van der Waals surface area contributed by atoms with Crippen LogP contribution < -0.4 is 0 Å². The first-order valence-electron chi connectivity index (χ1n) is 11.6. The van der Waals surface area contributed by atoms with Gasteiger partial charge in [0.1, 0.15) is 5.02 Å². The number of carbonyl (C=O) groups is 4. The molecule has 1 saturated heterocycles. The average Bonchev–Trinajstić information content (AvgIpc) is 3.47. The molecule has 1 atom stereocenters. The van der Waals surface area contributed by atoms with Crippen LogP contribution in [-0.4, -0.2) is 70.6 Å². The number of nitro groups is 1. The highest BCUT2D eigenvalue weighted by molar-refractivity contribution is 6.33. The number of esters is 1. The molecule has 1 aliphatic rings. The lowest BCUT2D eigenvalue weighted by Crippen LogP contribution is -2.53. The third kappa shape index (κ3) is 5.57. The average molecular weight is 540 g/mol. The second-order valence-electron chi connectivity index (χ2n) is 8.44. The molecule has 196 valence electrons. The van der Waals surface area contributed by atoms with E-state index in [0.29, 0.717) is 0 Å². The third-order valence-corrected chi connectivity index (χ3v) is 6.36. The minimum Gasteiger partial charge on any atom is -0.459 e. The summed E-state index contributed by atoms with van der Waals surface area (Å²) < 4.78 is 10.5. The van der Waals surface area contributed by atoms with Crippen LogP contribution in [0, 0.1) is 10.1 Å². The maximum atomic E-state index is 13.1. The molecule has 0 N–H and O–H groups in total. The van der Waals surface area contributed by atoms with Gasteiger partial charge in [0.25, 0.3) is 17.5 Å². The van der Waals surface area contributed by atoms with Gasteiger partial charge in [0.2, 0.25) is 0 Å². The monoisotopic (exact) mass is 539 g/mol. The molecule has 38 heavy (non-hydrogen) atoms. The molecule has 0 bridgehead atoms. The van der Waals surface area contributed by atoms with Gasteiger partial charge in [0, 0.05) is 43.4 Å². The Hall–Kier alpha value is -4.51. The summed E-state index contributed by atoms with van der Waals surface area (Å²) in [4.78, 5) is 65.0. The van der Waals surface area contributed by atoms with Crippen LogP contribution in [0.4, 0.5) is 5.69 Å². The van der Waals surface area contributed by atoms with Crippen molar-refractivity contribution in [2.75, 3.05) is 26.2 Å². The largest absolute Gasteiger partial charge is 0.459 e. The summed E-state index contributed by atoms with van der Waals surface area (Å²) >= 11 is 5.83. The van der Waals surface area contributed by atoms with Crippen molar-refractivity contribution in [1.29, 1.82) is 0 Å². The van der Waals surface area contributed by atoms with Crippen molar-refractivity contribution in [2.24, 2.45) is 0 Å². The Labute approximate surface area is 221 Å². The second kappa shape index (κ2) is 11.3. The van der Waals surface area contributed by atoms with E-state index in [1.54, 1.807) is 17.0 Å². The first-order valence-corrected chi connectivity index (χ1v) is 12.0. The van der Waals surface area contributed by atoms with E-state index in [1.807, 2.05) is 0 Å². The van der Waals surface area contributed by atoms with E-state index >= 15 is 0 Å². The number of rotatable bonds is 7. The molecule has 0 saturated carbocycles. The number of hydrogen-bond donors (Lipinski definition) is 0. The van der Waals surface area contributed by atoms with Crippen molar-refractivity contribution >= 4 is 40.9 Å². The summed E-state index contributed by atoms with van der Waals surface area (Å²) in [7, 11) is 0. The predicted octanol–water partition coefficient (Wildman–Crippen LogP) is 3.60. The van der Waals surface area contributed by atoms with Crippen LogP contribution in [0.2, 0.25) is 5.02 Å². The predicted molar refractivity (Wildman–Crippen MR) is 134 cm³/mol. The van der Waals surface area contributed by atoms with Crippen LogP contribution in [0.25, 0.3) is 0 Å². The quantitative estimate of drug-likeness (QED) is 0.192. The van der Waals surface area contributed by atoms with Crippen molar-refractivity contribution < 1.29 is 33.3 Å². The van der Waals surface area contributed by atoms with Gasteiger partial charge in [0.05, 0.1) is 16.7 Å². The number of benzene rings is 2. The summed E-state index contributed by atoms with van der Waals surface area (Å²) in [6, 6.07) is 12.6. The van der Waals surface area contributed by atoms with E-state index in [2.05, 4.69) is 0 Å². The van der Waals surface area contributed by atoms with E-state index < -0.39 is 34.4 Å². The maximum Gasteiger partial charge on any atom is 0.339 e. The van der Waals surface area contributed by atoms with Crippen LogP contribution in [0.15, 0.2) is 65.3 Å². The fourth-order valence-corrected chi connectivity index (χ4v) is 4.21. The van der Waals surface area contributed by atoms with E-state index in [0.717, 1.165) is 6.07 Å². The number of piperazine rings is 1. The van der Waals surface area contributed by atoms with Gasteiger partial charge in [-0.15, -0.1) is 0 Å². The molecule has 2 amide bonds. The van der Waals surface area contributed by atoms with Crippen LogP contribution >= 0.6 is 11.6 Å². The van der Waals surface area contributed by atoms with E-state index in [1.165, 1.54) is 54.5 Å². The number of carbonyl (C=O) groups excluding carboxylic acids is 4. The number of nitrogens with zero attached hydrogens (tertiary/aromatic N) is 3. The molecular formula is C26H22ClN3O8. The van der Waals surface area contributed by atoms with Crippen LogP contribution in [0.3, 0.4) is 0 Å². The molecule has 0 radical (unpaired) electrons. The maximum absolute atomic E-state index is 13.1. The van der Waals surface area contributed by atoms with Gasteiger partial charge in [-0.3, -0.25) is 24.5 Å². The first-order chi connectivity index (χ1) is 18.2. The summed E-state index contributed by atoms with van der Waals surface area (Å²) in [5, 5.41) is 11.1. The van der Waals surface area contributed by atoms with E-state index in [9.17, 15) is 29.3 Å². The molecule has 1 aliphatic heterocycles. The Morgan fingerprint density at radius 3 is 2.26 bits per heavy atom. The number of amides is 2. The van der Waals surface area contributed by atoms with E-state index in [4.69, 9.17) is 20.8 Å². The second-order valence-corrected chi connectivity index (χ2v) is 8.85. The minimum absolute atomic E-state index is 0.0348. The molecule has 11 nitrogen and oxygen atoms in total. The number of halogens is 1. The lowest BCUT2D eigenvalue weighted by atomic mass is 9.98.